The van der Waals surface area contributed by atoms with Crippen LogP contribution in [0.4, 0.5) is 10.1 Å². The van der Waals surface area contributed by atoms with Crippen molar-refractivity contribution in [3.05, 3.63) is 53.8 Å². The summed E-state index contributed by atoms with van der Waals surface area (Å²) < 4.78 is 12.8. The number of thioether (sulfide) groups is 2. The van der Waals surface area contributed by atoms with Crippen LogP contribution in [-0.2, 0) is 4.79 Å². The van der Waals surface area contributed by atoms with Gasteiger partial charge in [0.05, 0.1) is 10.9 Å². The van der Waals surface area contributed by atoms with E-state index in [1.807, 2.05) is 13.0 Å². The summed E-state index contributed by atoms with van der Waals surface area (Å²) in [7, 11) is 0. The Balaban J connectivity index is 1.46. The van der Waals surface area contributed by atoms with Gasteiger partial charge in [0.2, 0.25) is 5.91 Å². The van der Waals surface area contributed by atoms with Gasteiger partial charge in [-0.05, 0) is 61.6 Å². The van der Waals surface area contributed by atoms with Crippen LogP contribution in [0.5, 0.6) is 0 Å². The molecule has 136 valence electrons. The van der Waals surface area contributed by atoms with E-state index in [9.17, 15) is 14.0 Å². The minimum atomic E-state index is -0.240. The number of hydrogen-bond donors (Lipinski definition) is 2. The number of benzene rings is 2. The maximum atomic E-state index is 12.8. The second-order valence-electron chi connectivity index (χ2n) is 5.87. The summed E-state index contributed by atoms with van der Waals surface area (Å²) in [4.78, 5) is 26.0. The molecule has 7 heteroatoms. The summed E-state index contributed by atoms with van der Waals surface area (Å²) in [6, 6.07) is 11.7. The Morgan fingerprint density at radius 2 is 2.04 bits per heavy atom. The number of halogens is 1. The maximum Gasteiger partial charge on any atom is 0.251 e. The first kappa shape index (κ1) is 18.8. The molecule has 1 atom stereocenters. The second-order valence-corrected chi connectivity index (χ2v) is 8.42. The van der Waals surface area contributed by atoms with Crippen molar-refractivity contribution < 1.29 is 14.0 Å². The Bertz CT molecular complexity index is 812. The number of amides is 2. The van der Waals surface area contributed by atoms with Crippen molar-refractivity contribution in [1.82, 2.24) is 5.32 Å². The van der Waals surface area contributed by atoms with E-state index in [0.29, 0.717) is 17.8 Å². The van der Waals surface area contributed by atoms with E-state index in [1.54, 1.807) is 36.0 Å². The second kappa shape index (κ2) is 8.60. The van der Waals surface area contributed by atoms with Crippen molar-refractivity contribution in [2.24, 2.45) is 0 Å². The van der Waals surface area contributed by atoms with Crippen LogP contribution < -0.4 is 10.6 Å². The van der Waals surface area contributed by atoms with Crippen molar-refractivity contribution in [3.8, 4) is 0 Å². The van der Waals surface area contributed by atoms with Gasteiger partial charge in [-0.15, -0.1) is 23.5 Å². The third-order valence-corrected chi connectivity index (χ3v) is 6.14. The van der Waals surface area contributed by atoms with E-state index < -0.39 is 0 Å². The average molecular weight is 391 g/mol. The first-order valence-corrected chi connectivity index (χ1v) is 10.2. The highest BCUT2D eigenvalue weighted by Crippen LogP contribution is 2.35. The first-order chi connectivity index (χ1) is 12.5. The highest BCUT2D eigenvalue weighted by atomic mass is 32.2. The lowest BCUT2D eigenvalue weighted by Crippen LogP contribution is -2.28. The van der Waals surface area contributed by atoms with Gasteiger partial charge in [0.25, 0.3) is 5.91 Å². The highest BCUT2D eigenvalue weighted by Gasteiger charge is 2.23. The van der Waals surface area contributed by atoms with E-state index in [1.165, 1.54) is 23.9 Å². The average Bonchev–Trinajstić information content (AvgIpc) is 2.63. The number of carbonyl (C=O) groups excluding carboxylic acids is 2. The topological polar surface area (TPSA) is 58.2 Å². The van der Waals surface area contributed by atoms with Crippen molar-refractivity contribution >= 4 is 41.0 Å². The normalized spacial score (nSPS) is 15.9. The zero-order valence-electron chi connectivity index (χ0n) is 14.3. The fourth-order valence-electron chi connectivity index (χ4n) is 2.45. The number of rotatable bonds is 6. The van der Waals surface area contributed by atoms with E-state index >= 15 is 0 Å². The van der Waals surface area contributed by atoms with Crippen molar-refractivity contribution in [1.29, 1.82) is 0 Å². The lowest BCUT2D eigenvalue weighted by molar-refractivity contribution is -0.115. The van der Waals surface area contributed by atoms with Gasteiger partial charge in [-0.25, -0.2) is 4.39 Å². The van der Waals surface area contributed by atoms with E-state index in [-0.39, 0.29) is 22.9 Å². The zero-order valence-corrected chi connectivity index (χ0v) is 15.9. The number of hydrogen-bond acceptors (Lipinski definition) is 4. The molecule has 0 spiro atoms. The summed E-state index contributed by atoms with van der Waals surface area (Å²) in [5.74, 6) is 0.395. The van der Waals surface area contributed by atoms with Gasteiger partial charge in [-0.1, -0.05) is 0 Å². The molecule has 0 saturated heterocycles. The van der Waals surface area contributed by atoms with E-state index in [4.69, 9.17) is 0 Å². The Morgan fingerprint density at radius 3 is 2.81 bits per heavy atom. The number of nitrogens with one attached hydrogen (secondary N) is 2. The Morgan fingerprint density at radius 1 is 1.27 bits per heavy atom. The van der Waals surface area contributed by atoms with Crippen LogP contribution in [0.2, 0.25) is 0 Å². The summed E-state index contributed by atoms with van der Waals surface area (Å²) in [5, 5.41) is 5.60. The predicted octanol–water partition coefficient (Wildman–Crippen LogP) is 4.17. The Hall–Kier alpha value is -1.99. The molecule has 2 aromatic rings. The number of anilines is 1. The van der Waals surface area contributed by atoms with Crippen LogP contribution in [0.25, 0.3) is 0 Å². The molecule has 1 aliphatic rings. The quantitative estimate of drug-likeness (QED) is 0.574. The van der Waals surface area contributed by atoms with Gasteiger partial charge in [0.1, 0.15) is 5.82 Å². The van der Waals surface area contributed by atoms with E-state index in [2.05, 4.69) is 10.6 Å². The Kier molecular flexibility index (Phi) is 6.21. The summed E-state index contributed by atoms with van der Waals surface area (Å²) in [5.41, 5.74) is 1.23. The summed E-state index contributed by atoms with van der Waals surface area (Å²) >= 11 is 3.12. The molecule has 4 nitrogen and oxygen atoms in total. The van der Waals surface area contributed by atoms with Crippen molar-refractivity contribution in [3.63, 3.8) is 0 Å². The SMILES string of the molecule is CC1Sc2ccc(C(=O)NCCCSc3ccc(F)cc3)cc2NC1=O. The predicted molar refractivity (Wildman–Crippen MR) is 104 cm³/mol. The van der Waals surface area contributed by atoms with Crippen LogP contribution in [0.15, 0.2) is 52.3 Å². The molecule has 1 heterocycles. The third-order valence-electron chi connectivity index (χ3n) is 3.86. The fraction of sp³-hybridized carbons (Fsp3) is 0.263. The van der Waals surface area contributed by atoms with Gasteiger partial charge >= 0.3 is 0 Å². The molecule has 2 aromatic carbocycles. The molecular formula is C19H19FN2O2S2. The van der Waals surface area contributed by atoms with Crippen molar-refractivity contribution in [2.75, 3.05) is 17.6 Å². The molecule has 0 bridgehead atoms. The van der Waals surface area contributed by atoms with Gasteiger partial charge < -0.3 is 10.6 Å². The van der Waals surface area contributed by atoms with Crippen LogP contribution in [0.1, 0.15) is 23.7 Å². The molecule has 0 aromatic heterocycles. The molecule has 0 saturated carbocycles. The first-order valence-electron chi connectivity index (χ1n) is 8.31. The van der Waals surface area contributed by atoms with Gasteiger partial charge in [0.15, 0.2) is 0 Å². The summed E-state index contributed by atoms with van der Waals surface area (Å²) in [6.07, 6.45) is 0.808. The zero-order chi connectivity index (χ0) is 18.5. The fourth-order valence-corrected chi connectivity index (χ4v) is 4.23. The highest BCUT2D eigenvalue weighted by molar-refractivity contribution is 8.01. The molecule has 0 radical (unpaired) electrons. The minimum Gasteiger partial charge on any atom is -0.352 e. The molecule has 26 heavy (non-hydrogen) atoms. The van der Waals surface area contributed by atoms with Crippen molar-refractivity contribution in [2.45, 2.75) is 28.4 Å². The molecule has 0 aliphatic carbocycles. The van der Waals surface area contributed by atoms with Gasteiger partial charge in [-0.2, -0.15) is 0 Å². The minimum absolute atomic E-state index is 0.0436. The molecule has 2 amide bonds. The standard InChI is InChI=1S/C19H19FN2O2S2/c1-12-18(23)22-16-11-13(3-8-17(16)26-12)19(24)21-9-2-10-25-15-6-4-14(20)5-7-15/h3-8,11-12H,2,9-10H2,1H3,(H,21,24)(H,22,23). The molecule has 3 rings (SSSR count). The van der Waals surface area contributed by atoms with Gasteiger partial charge in [-0.3, -0.25) is 9.59 Å². The maximum absolute atomic E-state index is 12.8. The monoisotopic (exact) mass is 390 g/mol. The number of fused-ring (bicyclic) bond motifs is 1. The lowest BCUT2D eigenvalue weighted by atomic mass is 10.1. The Labute approximate surface area is 160 Å². The smallest absolute Gasteiger partial charge is 0.251 e. The third kappa shape index (κ3) is 4.80. The van der Waals surface area contributed by atoms with E-state index in [0.717, 1.165) is 22.0 Å². The molecule has 1 aliphatic heterocycles. The largest absolute Gasteiger partial charge is 0.352 e. The summed E-state index contributed by atoms with van der Waals surface area (Å²) in [6.45, 7) is 2.41. The van der Waals surface area contributed by atoms with Crippen LogP contribution >= 0.6 is 23.5 Å². The molecule has 1 unspecified atom stereocenters. The molecule has 0 fully saturated rings. The van der Waals surface area contributed by atoms with Gasteiger partial charge in [0, 0.05) is 21.9 Å². The molecular weight excluding hydrogens is 371 g/mol. The van der Waals surface area contributed by atoms with Crippen LogP contribution in [0.3, 0.4) is 0 Å². The van der Waals surface area contributed by atoms with Crippen LogP contribution in [0, 0.1) is 5.82 Å². The lowest BCUT2D eigenvalue weighted by Gasteiger charge is -2.21. The number of carbonyl (C=O) groups is 2. The van der Waals surface area contributed by atoms with Crippen LogP contribution in [-0.4, -0.2) is 29.4 Å². The molecule has 2 N–H and O–H groups in total.